The molecule has 1 aromatic carbocycles. The lowest BCUT2D eigenvalue weighted by Gasteiger charge is -2.32. The second-order valence-corrected chi connectivity index (χ2v) is 5.23. The number of aliphatic imine (C=N–C) groups is 1. The van der Waals surface area contributed by atoms with Crippen LogP contribution in [-0.4, -0.2) is 31.3 Å². The molecule has 1 aliphatic rings. The minimum atomic E-state index is -0.169. The minimum Gasteiger partial charge on any atom is -0.379 e. The van der Waals surface area contributed by atoms with Gasteiger partial charge in [-0.3, -0.25) is 4.99 Å². The van der Waals surface area contributed by atoms with Gasteiger partial charge in [-0.25, -0.2) is 0 Å². The standard InChI is InChI=1S/C14H21N3O/c1-14(2,18-3)9-12-10-16-13(15)17(12)11-7-5-4-6-8-11/h4-8,12H,9-10H2,1-3H3,(H2,15,16). The summed E-state index contributed by atoms with van der Waals surface area (Å²) in [5, 5.41) is 0. The molecule has 0 bridgehead atoms. The molecule has 2 rings (SSSR count). The summed E-state index contributed by atoms with van der Waals surface area (Å²) in [7, 11) is 1.74. The van der Waals surface area contributed by atoms with Crippen LogP contribution in [0.1, 0.15) is 20.3 Å². The number of hydrogen-bond donors (Lipinski definition) is 1. The van der Waals surface area contributed by atoms with Crippen molar-refractivity contribution >= 4 is 11.6 Å². The fraction of sp³-hybridized carbons (Fsp3) is 0.500. The van der Waals surface area contributed by atoms with E-state index in [0.717, 1.165) is 18.7 Å². The fourth-order valence-corrected chi connectivity index (χ4v) is 2.28. The Morgan fingerprint density at radius 2 is 2.06 bits per heavy atom. The van der Waals surface area contributed by atoms with Gasteiger partial charge in [0, 0.05) is 12.8 Å². The van der Waals surface area contributed by atoms with Gasteiger partial charge in [0.2, 0.25) is 0 Å². The zero-order valence-electron chi connectivity index (χ0n) is 11.3. The van der Waals surface area contributed by atoms with Crippen LogP contribution in [-0.2, 0) is 4.74 Å². The number of rotatable bonds is 4. The van der Waals surface area contributed by atoms with Crippen molar-refractivity contribution in [3.63, 3.8) is 0 Å². The van der Waals surface area contributed by atoms with Crippen molar-refractivity contribution in [3.8, 4) is 0 Å². The topological polar surface area (TPSA) is 50.9 Å². The Labute approximate surface area is 108 Å². The van der Waals surface area contributed by atoms with Crippen molar-refractivity contribution in [3.05, 3.63) is 30.3 Å². The van der Waals surface area contributed by atoms with E-state index in [1.165, 1.54) is 0 Å². The Bertz CT molecular complexity index is 428. The van der Waals surface area contributed by atoms with E-state index in [2.05, 4.69) is 35.9 Å². The fourth-order valence-electron chi connectivity index (χ4n) is 2.28. The van der Waals surface area contributed by atoms with E-state index in [4.69, 9.17) is 10.5 Å². The molecule has 98 valence electrons. The van der Waals surface area contributed by atoms with Crippen LogP contribution in [0.15, 0.2) is 35.3 Å². The molecule has 4 heteroatoms. The van der Waals surface area contributed by atoms with E-state index in [1.807, 2.05) is 18.2 Å². The van der Waals surface area contributed by atoms with Gasteiger partial charge >= 0.3 is 0 Å². The van der Waals surface area contributed by atoms with Gasteiger partial charge < -0.3 is 15.4 Å². The maximum atomic E-state index is 6.00. The second-order valence-electron chi connectivity index (χ2n) is 5.23. The van der Waals surface area contributed by atoms with Crippen LogP contribution >= 0.6 is 0 Å². The molecule has 0 saturated carbocycles. The molecule has 0 amide bonds. The Balaban J connectivity index is 2.18. The highest BCUT2D eigenvalue weighted by Gasteiger charge is 2.32. The number of methoxy groups -OCH3 is 1. The molecule has 0 radical (unpaired) electrons. The van der Waals surface area contributed by atoms with Crippen molar-refractivity contribution < 1.29 is 4.74 Å². The Hall–Kier alpha value is -1.55. The number of para-hydroxylation sites is 1. The van der Waals surface area contributed by atoms with Crippen molar-refractivity contribution in [2.24, 2.45) is 10.7 Å². The molecule has 0 fully saturated rings. The van der Waals surface area contributed by atoms with Crippen LogP contribution in [0.4, 0.5) is 5.69 Å². The first-order valence-corrected chi connectivity index (χ1v) is 6.23. The molecule has 1 unspecified atom stereocenters. The molecule has 2 N–H and O–H groups in total. The maximum absolute atomic E-state index is 6.00. The summed E-state index contributed by atoms with van der Waals surface area (Å²) >= 11 is 0. The third-order valence-corrected chi connectivity index (χ3v) is 3.39. The monoisotopic (exact) mass is 247 g/mol. The zero-order chi connectivity index (χ0) is 13.2. The van der Waals surface area contributed by atoms with E-state index in [9.17, 15) is 0 Å². The van der Waals surface area contributed by atoms with Gasteiger partial charge in [0.05, 0.1) is 18.2 Å². The molecule has 1 atom stereocenters. The lowest BCUT2D eigenvalue weighted by molar-refractivity contribution is 0.0114. The molecule has 0 spiro atoms. The van der Waals surface area contributed by atoms with Gasteiger partial charge in [-0.15, -0.1) is 0 Å². The molecule has 1 aromatic rings. The highest BCUT2D eigenvalue weighted by atomic mass is 16.5. The quantitative estimate of drug-likeness (QED) is 0.885. The summed E-state index contributed by atoms with van der Waals surface area (Å²) in [6.07, 6.45) is 0.891. The average molecular weight is 247 g/mol. The minimum absolute atomic E-state index is 0.169. The van der Waals surface area contributed by atoms with Crippen LogP contribution in [0.5, 0.6) is 0 Å². The SMILES string of the molecule is COC(C)(C)CC1CN=C(N)N1c1ccccc1. The van der Waals surface area contributed by atoms with Gasteiger partial charge in [0.15, 0.2) is 5.96 Å². The van der Waals surface area contributed by atoms with Crippen LogP contribution in [0.25, 0.3) is 0 Å². The summed E-state index contributed by atoms with van der Waals surface area (Å²) in [5.41, 5.74) is 6.92. The molecular formula is C14H21N3O. The highest BCUT2D eigenvalue weighted by Crippen LogP contribution is 2.26. The number of hydrogen-bond acceptors (Lipinski definition) is 4. The average Bonchev–Trinajstić information content (AvgIpc) is 2.71. The number of anilines is 1. The normalized spacial score (nSPS) is 20.1. The van der Waals surface area contributed by atoms with Gasteiger partial charge in [0.25, 0.3) is 0 Å². The van der Waals surface area contributed by atoms with E-state index in [1.54, 1.807) is 7.11 Å². The lowest BCUT2D eigenvalue weighted by atomic mass is 9.98. The number of benzene rings is 1. The first-order valence-electron chi connectivity index (χ1n) is 6.23. The number of ether oxygens (including phenoxy) is 1. The van der Waals surface area contributed by atoms with Crippen molar-refractivity contribution in [2.75, 3.05) is 18.6 Å². The van der Waals surface area contributed by atoms with Crippen molar-refractivity contribution in [2.45, 2.75) is 31.9 Å². The van der Waals surface area contributed by atoms with E-state index >= 15 is 0 Å². The van der Waals surface area contributed by atoms with Gasteiger partial charge in [0.1, 0.15) is 0 Å². The summed E-state index contributed by atoms with van der Waals surface area (Å²) < 4.78 is 5.50. The molecule has 0 saturated heterocycles. The molecular weight excluding hydrogens is 226 g/mol. The van der Waals surface area contributed by atoms with Crippen LogP contribution < -0.4 is 10.6 Å². The molecule has 1 heterocycles. The lowest BCUT2D eigenvalue weighted by Crippen LogP contribution is -2.44. The number of nitrogens with two attached hydrogens (primary N) is 1. The highest BCUT2D eigenvalue weighted by molar-refractivity contribution is 5.97. The molecule has 0 aromatic heterocycles. The second kappa shape index (κ2) is 4.98. The van der Waals surface area contributed by atoms with Crippen molar-refractivity contribution in [1.82, 2.24) is 0 Å². The maximum Gasteiger partial charge on any atom is 0.196 e. The number of nitrogens with zero attached hydrogens (tertiary/aromatic N) is 2. The first-order chi connectivity index (χ1) is 8.53. The third-order valence-electron chi connectivity index (χ3n) is 3.39. The Morgan fingerprint density at radius 3 is 2.67 bits per heavy atom. The van der Waals surface area contributed by atoms with E-state index < -0.39 is 0 Å². The smallest absolute Gasteiger partial charge is 0.196 e. The predicted octanol–water partition coefficient (Wildman–Crippen LogP) is 2.00. The van der Waals surface area contributed by atoms with Crippen LogP contribution in [0, 0.1) is 0 Å². The van der Waals surface area contributed by atoms with Crippen molar-refractivity contribution in [1.29, 1.82) is 0 Å². The predicted molar refractivity (Wildman–Crippen MR) is 74.9 cm³/mol. The summed E-state index contributed by atoms with van der Waals surface area (Å²) in [4.78, 5) is 6.46. The first kappa shape index (κ1) is 12.9. The van der Waals surface area contributed by atoms with E-state index in [-0.39, 0.29) is 11.6 Å². The number of guanidine groups is 1. The Kier molecular flexibility index (Phi) is 3.57. The van der Waals surface area contributed by atoms with E-state index in [0.29, 0.717) is 5.96 Å². The van der Waals surface area contributed by atoms with Gasteiger partial charge in [-0.2, -0.15) is 0 Å². The van der Waals surface area contributed by atoms with Gasteiger partial charge in [-0.05, 0) is 32.4 Å². The zero-order valence-corrected chi connectivity index (χ0v) is 11.3. The molecule has 18 heavy (non-hydrogen) atoms. The largest absolute Gasteiger partial charge is 0.379 e. The Morgan fingerprint density at radius 1 is 1.39 bits per heavy atom. The van der Waals surface area contributed by atoms with Crippen LogP contribution in [0.2, 0.25) is 0 Å². The molecule has 1 aliphatic heterocycles. The summed E-state index contributed by atoms with van der Waals surface area (Å²) in [6, 6.07) is 10.4. The molecule has 4 nitrogen and oxygen atoms in total. The summed E-state index contributed by atoms with van der Waals surface area (Å²) in [6.45, 7) is 4.91. The molecule has 0 aliphatic carbocycles. The van der Waals surface area contributed by atoms with Crippen LogP contribution in [0.3, 0.4) is 0 Å². The van der Waals surface area contributed by atoms with Gasteiger partial charge in [-0.1, -0.05) is 18.2 Å². The third kappa shape index (κ3) is 2.64. The summed E-state index contributed by atoms with van der Waals surface area (Å²) in [5.74, 6) is 0.595.